The van der Waals surface area contributed by atoms with Crippen molar-refractivity contribution in [3.63, 3.8) is 0 Å². The van der Waals surface area contributed by atoms with Crippen LogP contribution < -0.4 is 14.8 Å². The van der Waals surface area contributed by atoms with Crippen LogP contribution in [-0.2, 0) is 29.0 Å². The fourth-order valence-corrected chi connectivity index (χ4v) is 4.78. The van der Waals surface area contributed by atoms with Crippen LogP contribution in [0.4, 0.5) is 0 Å². The summed E-state index contributed by atoms with van der Waals surface area (Å²) < 4.78 is 10.7. The molecule has 0 aliphatic carbocycles. The number of carbonyl (C=O) groups excluding carboxylic acids is 2. The smallest absolute Gasteiger partial charge is 0.243 e. The maximum Gasteiger partial charge on any atom is 0.243 e. The van der Waals surface area contributed by atoms with Gasteiger partial charge in [-0.3, -0.25) is 9.59 Å². The first kappa shape index (κ1) is 30.3. The summed E-state index contributed by atoms with van der Waals surface area (Å²) in [5.41, 5.74) is 2.47. The molecule has 0 aromatic heterocycles. The van der Waals surface area contributed by atoms with Crippen LogP contribution in [-0.4, -0.2) is 43.5 Å². The van der Waals surface area contributed by atoms with Crippen molar-refractivity contribution in [1.82, 2.24) is 10.2 Å². The predicted molar refractivity (Wildman–Crippen MR) is 157 cm³/mol. The van der Waals surface area contributed by atoms with Gasteiger partial charge in [-0.2, -0.15) is 0 Å². The van der Waals surface area contributed by atoms with Crippen LogP contribution in [0.1, 0.15) is 37.0 Å². The average Bonchev–Trinajstić information content (AvgIpc) is 2.93. The van der Waals surface area contributed by atoms with Gasteiger partial charge in [-0.15, -0.1) is 0 Å². The highest BCUT2D eigenvalue weighted by molar-refractivity contribution is 6.36. The van der Waals surface area contributed by atoms with E-state index in [1.54, 1.807) is 37.3 Å². The Balaban J connectivity index is 1.95. The lowest BCUT2D eigenvalue weighted by Crippen LogP contribution is -2.51. The second-order valence-corrected chi connectivity index (χ2v) is 10.6. The van der Waals surface area contributed by atoms with E-state index in [1.807, 2.05) is 62.4 Å². The van der Waals surface area contributed by atoms with Gasteiger partial charge in [0.15, 0.2) is 11.5 Å². The van der Waals surface area contributed by atoms with Crippen molar-refractivity contribution in [3.8, 4) is 11.5 Å². The molecule has 208 valence electrons. The Morgan fingerprint density at radius 1 is 0.872 bits per heavy atom. The zero-order chi connectivity index (χ0) is 28.4. The van der Waals surface area contributed by atoms with E-state index in [0.29, 0.717) is 46.5 Å². The Labute approximate surface area is 241 Å². The van der Waals surface area contributed by atoms with Crippen molar-refractivity contribution in [2.45, 2.75) is 45.7 Å². The number of ether oxygens (including phenoxy) is 2. The number of halogens is 2. The molecule has 1 unspecified atom stereocenters. The molecule has 8 heteroatoms. The van der Waals surface area contributed by atoms with Gasteiger partial charge in [0.1, 0.15) is 6.04 Å². The zero-order valence-electron chi connectivity index (χ0n) is 22.9. The maximum absolute atomic E-state index is 13.9. The summed E-state index contributed by atoms with van der Waals surface area (Å²) in [5, 5.41) is 3.92. The first-order chi connectivity index (χ1) is 18.7. The van der Waals surface area contributed by atoms with E-state index in [-0.39, 0.29) is 30.7 Å². The van der Waals surface area contributed by atoms with Gasteiger partial charge in [0.25, 0.3) is 0 Å². The molecule has 3 rings (SSSR count). The molecule has 0 fully saturated rings. The van der Waals surface area contributed by atoms with Crippen molar-refractivity contribution in [1.29, 1.82) is 0 Å². The van der Waals surface area contributed by atoms with Gasteiger partial charge in [-0.05, 0) is 47.7 Å². The normalized spacial score (nSPS) is 11.7. The number of rotatable bonds is 13. The fourth-order valence-electron chi connectivity index (χ4n) is 4.26. The Kier molecular flexibility index (Phi) is 11.5. The third-order valence-electron chi connectivity index (χ3n) is 6.42. The number of hydrogen-bond acceptors (Lipinski definition) is 4. The molecule has 6 nitrogen and oxygen atoms in total. The molecule has 39 heavy (non-hydrogen) atoms. The zero-order valence-corrected chi connectivity index (χ0v) is 24.4. The molecule has 0 saturated carbocycles. The van der Waals surface area contributed by atoms with Gasteiger partial charge in [0.2, 0.25) is 11.8 Å². The van der Waals surface area contributed by atoms with Gasteiger partial charge >= 0.3 is 0 Å². The summed E-state index contributed by atoms with van der Waals surface area (Å²) in [6.07, 6.45) is 0.993. The van der Waals surface area contributed by atoms with E-state index >= 15 is 0 Å². The van der Waals surface area contributed by atoms with E-state index in [4.69, 9.17) is 32.7 Å². The van der Waals surface area contributed by atoms with Crippen molar-refractivity contribution < 1.29 is 19.1 Å². The van der Waals surface area contributed by atoms with Gasteiger partial charge in [0, 0.05) is 41.5 Å². The number of nitrogens with one attached hydrogen (secondary N) is 1. The average molecular weight is 572 g/mol. The number of methoxy groups -OCH3 is 2. The van der Waals surface area contributed by atoms with Crippen molar-refractivity contribution in [3.05, 3.63) is 93.5 Å². The van der Waals surface area contributed by atoms with E-state index in [9.17, 15) is 9.59 Å². The third-order valence-corrected chi connectivity index (χ3v) is 7.13. The molecule has 0 bridgehead atoms. The SMILES string of the molecule is COc1ccc(CCC(=O)N(Cc2c(Cl)cccc2Cl)C(Cc2ccccc2)C(=O)NCC(C)C)cc1OC. The van der Waals surface area contributed by atoms with Crippen molar-refractivity contribution in [2.75, 3.05) is 20.8 Å². The van der Waals surface area contributed by atoms with Crippen LogP contribution in [0.2, 0.25) is 10.0 Å². The molecule has 0 spiro atoms. The third kappa shape index (κ3) is 8.64. The molecular weight excluding hydrogens is 535 g/mol. The van der Waals surface area contributed by atoms with Crippen LogP contribution in [0.25, 0.3) is 0 Å². The van der Waals surface area contributed by atoms with Crippen LogP contribution in [0.15, 0.2) is 66.7 Å². The quantitative estimate of drug-likeness (QED) is 0.260. The molecule has 0 radical (unpaired) electrons. The Morgan fingerprint density at radius 3 is 2.15 bits per heavy atom. The van der Waals surface area contributed by atoms with Crippen LogP contribution in [0.3, 0.4) is 0 Å². The first-order valence-corrected chi connectivity index (χ1v) is 13.7. The highest BCUT2D eigenvalue weighted by Crippen LogP contribution is 2.30. The number of aryl methyl sites for hydroxylation is 1. The molecule has 0 heterocycles. The van der Waals surface area contributed by atoms with E-state index in [2.05, 4.69) is 5.32 Å². The number of hydrogen-bond donors (Lipinski definition) is 1. The summed E-state index contributed by atoms with van der Waals surface area (Å²) in [4.78, 5) is 29.1. The lowest BCUT2D eigenvalue weighted by Gasteiger charge is -2.32. The molecule has 2 amide bonds. The minimum atomic E-state index is -0.753. The number of carbonyl (C=O) groups is 2. The van der Waals surface area contributed by atoms with Crippen LogP contribution >= 0.6 is 23.2 Å². The molecule has 3 aromatic rings. The summed E-state index contributed by atoms with van der Waals surface area (Å²) in [7, 11) is 3.15. The highest BCUT2D eigenvalue weighted by Gasteiger charge is 2.31. The molecule has 0 saturated heterocycles. The maximum atomic E-state index is 13.9. The molecule has 3 aromatic carbocycles. The largest absolute Gasteiger partial charge is 0.493 e. The molecular formula is C31H36Cl2N2O4. The Bertz CT molecular complexity index is 1230. The Morgan fingerprint density at radius 2 is 1.54 bits per heavy atom. The number of benzene rings is 3. The monoisotopic (exact) mass is 570 g/mol. The topological polar surface area (TPSA) is 67.9 Å². The van der Waals surface area contributed by atoms with E-state index in [1.165, 1.54) is 0 Å². The van der Waals surface area contributed by atoms with Crippen LogP contribution in [0.5, 0.6) is 11.5 Å². The van der Waals surface area contributed by atoms with Crippen LogP contribution in [0, 0.1) is 5.92 Å². The first-order valence-electron chi connectivity index (χ1n) is 13.0. The number of amides is 2. The minimum absolute atomic E-state index is 0.107. The molecule has 1 N–H and O–H groups in total. The summed E-state index contributed by atoms with van der Waals surface area (Å²) >= 11 is 13.0. The molecule has 0 aliphatic heterocycles. The number of nitrogens with zero attached hydrogens (tertiary/aromatic N) is 1. The predicted octanol–water partition coefficient (Wildman–Crippen LogP) is 6.36. The van der Waals surface area contributed by atoms with Gasteiger partial charge in [0.05, 0.1) is 14.2 Å². The van der Waals surface area contributed by atoms with Crippen molar-refractivity contribution >= 4 is 35.0 Å². The van der Waals surface area contributed by atoms with E-state index < -0.39 is 6.04 Å². The minimum Gasteiger partial charge on any atom is -0.493 e. The van der Waals surface area contributed by atoms with E-state index in [0.717, 1.165) is 11.1 Å². The fraction of sp³-hybridized carbons (Fsp3) is 0.355. The Hall–Kier alpha value is -3.22. The molecule has 0 aliphatic rings. The van der Waals surface area contributed by atoms with Crippen molar-refractivity contribution in [2.24, 2.45) is 5.92 Å². The summed E-state index contributed by atoms with van der Waals surface area (Å²) in [6.45, 7) is 4.67. The van der Waals surface area contributed by atoms with Gasteiger partial charge in [-0.1, -0.05) is 79.5 Å². The van der Waals surface area contributed by atoms with Gasteiger partial charge < -0.3 is 19.7 Å². The summed E-state index contributed by atoms with van der Waals surface area (Å²) in [6, 6.07) is 19.7. The lowest BCUT2D eigenvalue weighted by molar-refractivity contribution is -0.141. The lowest BCUT2D eigenvalue weighted by atomic mass is 10.0. The highest BCUT2D eigenvalue weighted by atomic mass is 35.5. The second kappa shape index (κ2) is 14.8. The standard InChI is InChI=1S/C31H36Cl2N2O4/c1-21(2)19-34-31(37)27(17-22-9-6-5-7-10-22)35(20-24-25(32)11-8-12-26(24)33)30(36)16-14-23-13-15-28(38-3)29(18-23)39-4/h5-13,15,18,21,27H,14,16-17,19-20H2,1-4H3,(H,34,37). The second-order valence-electron chi connectivity index (χ2n) is 9.76. The van der Waals surface area contributed by atoms with Gasteiger partial charge in [-0.25, -0.2) is 0 Å². The molecule has 1 atom stereocenters. The summed E-state index contributed by atoms with van der Waals surface area (Å²) in [5.74, 6) is 1.08.